The predicted octanol–water partition coefficient (Wildman–Crippen LogP) is 3.29. The van der Waals surface area contributed by atoms with Crippen molar-refractivity contribution in [2.45, 2.75) is 32.6 Å². The molecule has 2 heteroatoms. The second-order valence-corrected chi connectivity index (χ2v) is 4.49. The lowest BCUT2D eigenvalue weighted by Gasteiger charge is -2.24. The number of anilines is 1. The first kappa shape index (κ1) is 14.0. The molecule has 0 unspecified atom stereocenters. The van der Waals surface area contributed by atoms with E-state index in [9.17, 15) is 0 Å². The summed E-state index contributed by atoms with van der Waals surface area (Å²) in [6.07, 6.45) is 5.06. The van der Waals surface area contributed by atoms with Gasteiger partial charge in [0.25, 0.3) is 0 Å². The number of hydrogen-bond acceptors (Lipinski definition) is 2. The first-order valence-corrected chi connectivity index (χ1v) is 6.83. The van der Waals surface area contributed by atoms with Gasteiger partial charge in [0.05, 0.1) is 0 Å². The molecule has 2 nitrogen and oxygen atoms in total. The molecule has 0 bridgehead atoms. The van der Waals surface area contributed by atoms with Crippen molar-refractivity contribution in [1.29, 1.82) is 0 Å². The van der Waals surface area contributed by atoms with E-state index in [4.69, 9.17) is 0 Å². The smallest absolute Gasteiger partial charge is 0.0366 e. The van der Waals surface area contributed by atoms with Gasteiger partial charge in [0.15, 0.2) is 0 Å². The van der Waals surface area contributed by atoms with Crippen LogP contribution in [0.3, 0.4) is 0 Å². The molecule has 0 fully saturated rings. The van der Waals surface area contributed by atoms with Gasteiger partial charge in [-0.1, -0.05) is 31.5 Å². The summed E-state index contributed by atoms with van der Waals surface area (Å²) in [5.74, 6) is 0. The number of benzene rings is 1. The highest BCUT2D eigenvalue weighted by atomic mass is 15.1. The van der Waals surface area contributed by atoms with Crippen molar-refractivity contribution in [3.63, 3.8) is 0 Å². The molecule has 0 atom stereocenters. The van der Waals surface area contributed by atoms with Gasteiger partial charge in [-0.3, -0.25) is 0 Å². The zero-order valence-electron chi connectivity index (χ0n) is 11.3. The van der Waals surface area contributed by atoms with Gasteiger partial charge in [0, 0.05) is 18.8 Å². The molecule has 0 aliphatic rings. The summed E-state index contributed by atoms with van der Waals surface area (Å²) in [6, 6.07) is 10.8. The minimum atomic E-state index is 1.12. The average molecular weight is 234 g/mol. The van der Waals surface area contributed by atoms with Gasteiger partial charge in [0.1, 0.15) is 0 Å². The summed E-state index contributed by atoms with van der Waals surface area (Å²) in [6.45, 7) is 5.73. The van der Waals surface area contributed by atoms with E-state index in [1.165, 1.54) is 44.5 Å². The second kappa shape index (κ2) is 9.06. The normalized spacial score (nSPS) is 10.5. The van der Waals surface area contributed by atoms with Crippen LogP contribution in [0.1, 0.15) is 32.6 Å². The van der Waals surface area contributed by atoms with E-state index in [0.29, 0.717) is 0 Å². The van der Waals surface area contributed by atoms with Crippen LogP contribution in [0, 0.1) is 0 Å². The molecule has 17 heavy (non-hydrogen) atoms. The third-order valence-electron chi connectivity index (χ3n) is 3.01. The molecule has 0 heterocycles. The highest BCUT2D eigenvalue weighted by Gasteiger charge is 2.04. The molecule has 0 spiro atoms. The summed E-state index contributed by atoms with van der Waals surface area (Å²) in [7, 11) is 2.02. The molecule has 96 valence electrons. The van der Waals surface area contributed by atoms with E-state index in [1.54, 1.807) is 0 Å². The quantitative estimate of drug-likeness (QED) is 0.660. The highest BCUT2D eigenvalue weighted by molar-refractivity contribution is 5.45. The molecule has 1 aromatic rings. The van der Waals surface area contributed by atoms with Gasteiger partial charge < -0.3 is 10.2 Å². The van der Waals surface area contributed by atoms with E-state index in [-0.39, 0.29) is 0 Å². The molecule has 0 aromatic heterocycles. The first-order chi connectivity index (χ1) is 8.38. The average Bonchev–Trinajstić information content (AvgIpc) is 2.39. The molecule has 1 N–H and O–H groups in total. The van der Waals surface area contributed by atoms with Crippen molar-refractivity contribution in [3.8, 4) is 0 Å². The highest BCUT2D eigenvalue weighted by Crippen LogP contribution is 2.14. The Morgan fingerprint density at radius 3 is 2.35 bits per heavy atom. The molecule has 0 saturated heterocycles. The number of unbranched alkanes of at least 4 members (excludes halogenated alkanes) is 2. The van der Waals surface area contributed by atoms with Crippen LogP contribution in [0.25, 0.3) is 0 Å². The Hall–Kier alpha value is -1.02. The van der Waals surface area contributed by atoms with Gasteiger partial charge >= 0.3 is 0 Å². The molecule has 0 saturated carbocycles. The third-order valence-corrected chi connectivity index (χ3v) is 3.01. The van der Waals surface area contributed by atoms with Crippen LogP contribution < -0.4 is 10.2 Å². The minimum absolute atomic E-state index is 1.12. The van der Waals surface area contributed by atoms with E-state index < -0.39 is 0 Å². The monoisotopic (exact) mass is 234 g/mol. The van der Waals surface area contributed by atoms with E-state index in [0.717, 1.165) is 6.54 Å². The van der Waals surface area contributed by atoms with E-state index >= 15 is 0 Å². The maximum Gasteiger partial charge on any atom is 0.0366 e. The standard InChI is InChI=1S/C15H26N2/c1-3-4-13-17(14-9-8-12-16-2)15-10-6-5-7-11-15/h5-7,10-11,16H,3-4,8-9,12-14H2,1-2H3. The molecule has 0 aliphatic heterocycles. The Kier molecular flexibility index (Phi) is 7.48. The molecule has 0 aliphatic carbocycles. The summed E-state index contributed by atoms with van der Waals surface area (Å²) in [4.78, 5) is 2.51. The molecular formula is C15H26N2. The Morgan fingerprint density at radius 1 is 1.00 bits per heavy atom. The van der Waals surface area contributed by atoms with Crippen LogP contribution in [0.15, 0.2) is 30.3 Å². The Bertz CT molecular complexity index is 272. The minimum Gasteiger partial charge on any atom is -0.372 e. The van der Waals surface area contributed by atoms with Gasteiger partial charge in [-0.2, -0.15) is 0 Å². The van der Waals surface area contributed by atoms with E-state index in [1.807, 2.05) is 7.05 Å². The van der Waals surface area contributed by atoms with Crippen LogP contribution in [0.4, 0.5) is 5.69 Å². The largest absolute Gasteiger partial charge is 0.372 e. The summed E-state index contributed by atoms with van der Waals surface area (Å²) in [5, 5.41) is 3.21. The molecule has 0 radical (unpaired) electrons. The van der Waals surface area contributed by atoms with Gasteiger partial charge in [-0.15, -0.1) is 0 Å². The number of nitrogens with one attached hydrogen (secondary N) is 1. The second-order valence-electron chi connectivity index (χ2n) is 4.49. The topological polar surface area (TPSA) is 15.3 Å². The lowest BCUT2D eigenvalue weighted by Crippen LogP contribution is -2.26. The SMILES string of the molecule is CCCCN(CCCCNC)c1ccccc1. The fourth-order valence-electron chi connectivity index (χ4n) is 1.96. The van der Waals surface area contributed by atoms with Gasteiger partial charge in [-0.05, 0) is 45.0 Å². The molecule has 1 aromatic carbocycles. The van der Waals surface area contributed by atoms with Crippen LogP contribution in [-0.2, 0) is 0 Å². The summed E-state index contributed by atoms with van der Waals surface area (Å²) >= 11 is 0. The predicted molar refractivity (Wildman–Crippen MR) is 76.7 cm³/mol. The molecular weight excluding hydrogens is 208 g/mol. The zero-order chi connectivity index (χ0) is 12.3. The van der Waals surface area contributed by atoms with Gasteiger partial charge in [0.2, 0.25) is 0 Å². The first-order valence-electron chi connectivity index (χ1n) is 6.83. The van der Waals surface area contributed by atoms with Crippen molar-refractivity contribution in [2.75, 3.05) is 31.6 Å². The zero-order valence-corrected chi connectivity index (χ0v) is 11.3. The summed E-state index contributed by atoms with van der Waals surface area (Å²) < 4.78 is 0. The Labute approximate surface area is 106 Å². The summed E-state index contributed by atoms with van der Waals surface area (Å²) in [5.41, 5.74) is 1.37. The van der Waals surface area contributed by atoms with Crippen LogP contribution >= 0.6 is 0 Å². The fraction of sp³-hybridized carbons (Fsp3) is 0.600. The lowest BCUT2D eigenvalue weighted by molar-refractivity contribution is 0.637. The van der Waals surface area contributed by atoms with Crippen molar-refractivity contribution in [2.24, 2.45) is 0 Å². The fourth-order valence-corrected chi connectivity index (χ4v) is 1.96. The molecule has 0 amide bonds. The number of rotatable bonds is 9. The Morgan fingerprint density at radius 2 is 1.71 bits per heavy atom. The van der Waals surface area contributed by atoms with Crippen molar-refractivity contribution in [3.05, 3.63) is 30.3 Å². The van der Waals surface area contributed by atoms with Gasteiger partial charge in [-0.25, -0.2) is 0 Å². The Balaban J connectivity index is 2.43. The number of hydrogen-bond donors (Lipinski definition) is 1. The number of para-hydroxylation sites is 1. The lowest BCUT2D eigenvalue weighted by atomic mass is 10.2. The maximum atomic E-state index is 3.21. The van der Waals surface area contributed by atoms with Crippen LogP contribution in [-0.4, -0.2) is 26.7 Å². The third kappa shape index (κ3) is 5.73. The van der Waals surface area contributed by atoms with Crippen molar-refractivity contribution < 1.29 is 0 Å². The van der Waals surface area contributed by atoms with Crippen LogP contribution in [0.2, 0.25) is 0 Å². The van der Waals surface area contributed by atoms with Crippen molar-refractivity contribution in [1.82, 2.24) is 5.32 Å². The van der Waals surface area contributed by atoms with Crippen molar-refractivity contribution >= 4 is 5.69 Å². The van der Waals surface area contributed by atoms with E-state index in [2.05, 4.69) is 47.5 Å². The maximum absolute atomic E-state index is 3.21. The number of nitrogens with zero attached hydrogens (tertiary/aromatic N) is 1. The van der Waals surface area contributed by atoms with Crippen LogP contribution in [0.5, 0.6) is 0 Å². The molecule has 1 rings (SSSR count).